The third kappa shape index (κ3) is 2.24. The van der Waals surface area contributed by atoms with Gasteiger partial charge in [0.25, 0.3) is 5.89 Å². The second-order valence-electron chi connectivity index (χ2n) is 3.14. The maximum Gasteiger partial charge on any atom is 0.255 e. The second-order valence-corrected chi connectivity index (χ2v) is 4.06. The molecule has 1 N–H and O–H groups in total. The predicted octanol–water partition coefficient (Wildman–Crippen LogP) is 2.55. The van der Waals surface area contributed by atoms with Gasteiger partial charge in [-0.25, -0.2) is 0 Å². The molecule has 0 amide bonds. The van der Waals surface area contributed by atoms with Gasteiger partial charge in [0.2, 0.25) is 5.82 Å². The van der Waals surface area contributed by atoms with Crippen molar-refractivity contribution in [2.24, 2.45) is 0 Å². The van der Waals surface area contributed by atoms with Crippen LogP contribution in [0.2, 0.25) is 0 Å². The number of nitrogens with zero attached hydrogens (tertiary/aromatic N) is 2. The van der Waals surface area contributed by atoms with E-state index in [1.807, 2.05) is 24.3 Å². The number of hydrogen-bond donors (Lipinski definition) is 1. The Hall–Kier alpha value is -1.20. The van der Waals surface area contributed by atoms with Crippen LogP contribution in [0.1, 0.15) is 18.9 Å². The maximum atomic E-state index is 9.23. The molecule has 15 heavy (non-hydrogen) atoms. The first-order valence-electron chi connectivity index (χ1n) is 4.44. The maximum absolute atomic E-state index is 9.23. The summed E-state index contributed by atoms with van der Waals surface area (Å²) in [5.74, 6) is 0.706. The van der Waals surface area contributed by atoms with Gasteiger partial charge in [0, 0.05) is 10.0 Å². The van der Waals surface area contributed by atoms with Crippen LogP contribution in [0.15, 0.2) is 33.3 Å². The van der Waals surface area contributed by atoms with Gasteiger partial charge in [0.15, 0.2) is 0 Å². The van der Waals surface area contributed by atoms with E-state index in [4.69, 9.17) is 4.52 Å². The Balaban J connectivity index is 2.37. The van der Waals surface area contributed by atoms with Crippen molar-refractivity contribution in [1.82, 2.24) is 10.1 Å². The summed E-state index contributed by atoms with van der Waals surface area (Å²) in [7, 11) is 0. The van der Waals surface area contributed by atoms with Crippen LogP contribution >= 0.6 is 15.9 Å². The van der Waals surface area contributed by atoms with Crippen molar-refractivity contribution in [1.29, 1.82) is 0 Å². The molecule has 0 spiro atoms. The van der Waals surface area contributed by atoms with Crippen LogP contribution in [-0.2, 0) is 0 Å². The number of aliphatic hydroxyl groups excluding tert-OH is 1. The fraction of sp³-hybridized carbons (Fsp3) is 0.200. The van der Waals surface area contributed by atoms with Gasteiger partial charge in [0.1, 0.15) is 6.10 Å². The Bertz CT molecular complexity index is 468. The number of aromatic nitrogens is 2. The Labute approximate surface area is 95.1 Å². The average Bonchev–Trinajstić information content (AvgIpc) is 2.66. The summed E-state index contributed by atoms with van der Waals surface area (Å²) in [5, 5.41) is 13.0. The van der Waals surface area contributed by atoms with Gasteiger partial charge in [-0.3, -0.25) is 0 Å². The lowest BCUT2D eigenvalue weighted by atomic mass is 10.2. The van der Waals surface area contributed by atoms with Gasteiger partial charge in [0.05, 0.1) is 0 Å². The van der Waals surface area contributed by atoms with Crippen LogP contribution in [0, 0.1) is 0 Å². The number of halogens is 1. The standard InChI is InChI=1S/C10H9BrN2O2/c1-6(14)10-12-9(13-15-10)7-3-2-4-8(11)5-7/h2-6,14H,1H3/t6-/m0/s1. The van der Waals surface area contributed by atoms with E-state index >= 15 is 0 Å². The van der Waals surface area contributed by atoms with E-state index in [-0.39, 0.29) is 5.89 Å². The fourth-order valence-corrected chi connectivity index (χ4v) is 1.55. The smallest absolute Gasteiger partial charge is 0.255 e. The third-order valence-electron chi connectivity index (χ3n) is 1.88. The van der Waals surface area contributed by atoms with Crippen LogP contribution in [0.25, 0.3) is 11.4 Å². The molecular formula is C10H9BrN2O2. The summed E-state index contributed by atoms with van der Waals surface area (Å²) in [6.45, 7) is 1.58. The molecule has 0 radical (unpaired) electrons. The molecule has 1 aromatic carbocycles. The van der Waals surface area contributed by atoms with Crippen molar-refractivity contribution in [3.63, 3.8) is 0 Å². The van der Waals surface area contributed by atoms with Crippen molar-refractivity contribution in [3.8, 4) is 11.4 Å². The van der Waals surface area contributed by atoms with Crippen LogP contribution in [0.3, 0.4) is 0 Å². The van der Waals surface area contributed by atoms with Crippen LogP contribution < -0.4 is 0 Å². The SMILES string of the molecule is C[C@H](O)c1nc(-c2cccc(Br)c2)no1. The number of benzene rings is 1. The van der Waals surface area contributed by atoms with Crippen molar-refractivity contribution < 1.29 is 9.63 Å². The van der Waals surface area contributed by atoms with Crippen molar-refractivity contribution in [2.75, 3.05) is 0 Å². The fourth-order valence-electron chi connectivity index (χ4n) is 1.15. The highest BCUT2D eigenvalue weighted by Gasteiger charge is 2.12. The lowest BCUT2D eigenvalue weighted by Crippen LogP contribution is -1.90. The molecule has 0 unspecified atom stereocenters. The first kappa shape index (κ1) is 10.3. The lowest BCUT2D eigenvalue weighted by molar-refractivity contribution is 0.152. The van der Waals surface area contributed by atoms with Crippen molar-refractivity contribution in [3.05, 3.63) is 34.6 Å². The number of aliphatic hydroxyl groups is 1. The van der Waals surface area contributed by atoms with E-state index in [1.165, 1.54) is 0 Å². The summed E-state index contributed by atoms with van der Waals surface area (Å²) in [5.41, 5.74) is 0.847. The molecule has 0 saturated heterocycles. The molecule has 5 heteroatoms. The minimum atomic E-state index is -0.738. The molecule has 4 nitrogen and oxygen atoms in total. The van der Waals surface area contributed by atoms with E-state index in [9.17, 15) is 5.11 Å². The largest absolute Gasteiger partial charge is 0.384 e. The molecule has 1 heterocycles. The Kier molecular flexibility index (Phi) is 2.83. The van der Waals surface area contributed by atoms with E-state index < -0.39 is 6.10 Å². The first-order chi connectivity index (χ1) is 7.16. The molecule has 2 rings (SSSR count). The highest BCUT2D eigenvalue weighted by Crippen LogP contribution is 2.21. The molecule has 0 aliphatic carbocycles. The summed E-state index contributed by atoms with van der Waals surface area (Å²) in [6.07, 6.45) is -0.738. The highest BCUT2D eigenvalue weighted by molar-refractivity contribution is 9.10. The van der Waals surface area contributed by atoms with Crippen molar-refractivity contribution >= 4 is 15.9 Å². The second kappa shape index (κ2) is 4.12. The summed E-state index contributed by atoms with van der Waals surface area (Å²) < 4.78 is 5.84. The third-order valence-corrected chi connectivity index (χ3v) is 2.38. The first-order valence-corrected chi connectivity index (χ1v) is 5.24. The van der Waals surface area contributed by atoms with E-state index in [0.29, 0.717) is 5.82 Å². The van der Waals surface area contributed by atoms with Gasteiger partial charge >= 0.3 is 0 Å². The van der Waals surface area contributed by atoms with Gasteiger partial charge < -0.3 is 9.63 Å². The molecule has 0 aliphatic rings. The van der Waals surface area contributed by atoms with Gasteiger partial charge in [-0.2, -0.15) is 4.98 Å². The van der Waals surface area contributed by atoms with Gasteiger partial charge in [-0.15, -0.1) is 0 Å². The molecule has 0 bridgehead atoms. The minimum absolute atomic E-state index is 0.227. The van der Waals surface area contributed by atoms with E-state index in [1.54, 1.807) is 6.92 Å². The Morgan fingerprint density at radius 3 is 2.87 bits per heavy atom. The zero-order valence-electron chi connectivity index (χ0n) is 8.01. The minimum Gasteiger partial charge on any atom is -0.384 e. The highest BCUT2D eigenvalue weighted by atomic mass is 79.9. The summed E-state index contributed by atoms with van der Waals surface area (Å²) in [4.78, 5) is 4.07. The predicted molar refractivity (Wildman–Crippen MR) is 58.1 cm³/mol. The summed E-state index contributed by atoms with van der Waals surface area (Å²) in [6, 6.07) is 7.56. The topological polar surface area (TPSA) is 59.2 Å². The number of hydrogen-bond acceptors (Lipinski definition) is 4. The average molecular weight is 269 g/mol. The Morgan fingerprint density at radius 1 is 1.47 bits per heavy atom. The number of rotatable bonds is 2. The summed E-state index contributed by atoms with van der Waals surface area (Å²) >= 11 is 3.36. The lowest BCUT2D eigenvalue weighted by Gasteiger charge is -1.94. The molecule has 2 aromatic rings. The van der Waals surface area contributed by atoms with E-state index in [0.717, 1.165) is 10.0 Å². The molecular weight excluding hydrogens is 260 g/mol. The zero-order valence-corrected chi connectivity index (χ0v) is 9.60. The van der Waals surface area contributed by atoms with Crippen molar-refractivity contribution in [2.45, 2.75) is 13.0 Å². The zero-order chi connectivity index (χ0) is 10.8. The van der Waals surface area contributed by atoms with Crippen LogP contribution in [0.5, 0.6) is 0 Å². The molecule has 0 fully saturated rings. The molecule has 0 saturated carbocycles. The monoisotopic (exact) mass is 268 g/mol. The Morgan fingerprint density at radius 2 is 2.27 bits per heavy atom. The van der Waals surface area contributed by atoms with E-state index in [2.05, 4.69) is 26.1 Å². The molecule has 1 atom stereocenters. The molecule has 0 aliphatic heterocycles. The normalized spacial score (nSPS) is 12.7. The quantitative estimate of drug-likeness (QED) is 0.910. The van der Waals surface area contributed by atoms with Gasteiger partial charge in [-0.1, -0.05) is 33.2 Å². The van der Waals surface area contributed by atoms with Crippen LogP contribution in [-0.4, -0.2) is 15.2 Å². The molecule has 78 valence electrons. The molecule has 1 aromatic heterocycles. The van der Waals surface area contributed by atoms with Crippen LogP contribution in [0.4, 0.5) is 0 Å². The van der Waals surface area contributed by atoms with Gasteiger partial charge in [-0.05, 0) is 19.1 Å².